The van der Waals surface area contributed by atoms with Crippen molar-refractivity contribution in [3.05, 3.63) is 16.1 Å². The molecule has 1 amide bonds. The number of rotatable bonds is 8. The summed E-state index contributed by atoms with van der Waals surface area (Å²) in [5, 5.41) is 10.4. The number of guanidine groups is 1. The van der Waals surface area contributed by atoms with Crippen molar-refractivity contribution in [3.8, 4) is 0 Å². The zero-order valence-corrected chi connectivity index (χ0v) is 14.8. The molecule has 1 saturated carbocycles. The van der Waals surface area contributed by atoms with E-state index in [0.29, 0.717) is 43.6 Å². The second-order valence-electron chi connectivity index (χ2n) is 5.63. The number of aromatic nitrogens is 1. The van der Waals surface area contributed by atoms with E-state index in [1.54, 1.807) is 0 Å². The van der Waals surface area contributed by atoms with Gasteiger partial charge in [-0.05, 0) is 19.8 Å². The fourth-order valence-corrected chi connectivity index (χ4v) is 2.81. The van der Waals surface area contributed by atoms with Crippen molar-refractivity contribution in [2.24, 2.45) is 10.9 Å². The molecule has 1 fully saturated rings. The van der Waals surface area contributed by atoms with Crippen LogP contribution >= 0.6 is 11.3 Å². The minimum absolute atomic E-state index is 0.0907. The van der Waals surface area contributed by atoms with Crippen molar-refractivity contribution >= 4 is 23.2 Å². The van der Waals surface area contributed by atoms with Gasteiger partial charge in [0.1, 0.15) is 0 Å². The predicted octanol–water partition coefficient (Wildman–Crippen LogP) is 1.79. The van der Waals surface area contributed by atoms with E-state index < -0.39 is 11.9 Å². The van der Waals surface area contributed by atoms with Crippen molar-refractivity contribution in [2.75, 3.05) is 26.2 Å². The highest BCUT2D eigenvalue weighted by molar-refractivity contribution is 7.09. The lowest BCUT2D eigenvalue weighted by atomic mass is 10.4. The van der Waals surface area contributed by atoms with Gasteiger partial charge in [0.25, 0.3) is 0 Å². The summed E-state index contributed by atoms with van der Waals surface area (Å²) in [6, 6.07) is 0. The Morgan fingerprint density at radius 3 is 2.64 bits per heavy atom. The third-order valence-corrected chi connectivity index (χ3v) is 4.36. The van der Waals surface area contributed by atoms with Crippen molar-refractivity contribution < 1.29 is 18.0 Å². The van der Waals surface area contributed by atoms with Gasteiger partial charge < -0.3 is 16.0 Å². The maximum Gasteiger partial charge on any atom is 0.434 e. The number of thiazole rings is 1. The molecule has 2 rings (SSSR count). The smallest absolute Gasteiger partial charge is 0.357 e. The molecule has 0 aromatic carbocycles. The number of carbonyl (C=O) groups excluding carboxylic acids is 1. The molecule has 1 aromatic rings. The van der Waals surface area contributed by atoms with Crippen LogP contribution in [0.15, 0.2) is 10.4 Å². The number of halogens is 3. The standard InChI is InChI=1S/C15H22F3N5OS/c1-2-19-14(22-8-7-20-13(24)10-3-4-10)21-6-5-12-23-11(9-25-12)15(16,17)18/h9-10H,2-8H2,1H3,(H,20,24)(H2,19,21,22). The van der Waals surface area contributed by atoms with Crippen LogP contribution in [0.25, 0.3) is 0 Å². The lowest BCUT2D eigenvalue weighted by Crippen LogP contribution is -2.41. The molecular weight excluding hydrogens is 355 g/mol. The van der Waals surface area contributed by atoms with Crippen molar-refractivity contribution in [1.29, 1.82) is 0 Å². The van der Waals surface area contributed by atoms with Gasteiger partial charge in [0.15, 0.2) is 11.7 Å². The summed E-state index contributed by atoms with van der Waals surface area (Å²) in [6.07, 6.45) is -2.12. The summed E-state index contributed by atoms with van der Waals surface area (Å²) in [7, 11) is 0. The summed E-state index contributed by atoms with van der Waals surface area (Å²) in [6.45, 7) is 3.94. The first-order valence-corrected chi connectivity index (χ1v) is 9.09. The van der Waals surface area contributed by atoms with Crippen molar-refractivity contribution in [2.45, 2.75) is 32.4 Å². The molecule has 0 spiro atoms. The fourth-order valence-electron chi connectivity index (χ4n) is 2.02. The second kappa shape index (κ2) is 9.02. The third kappa shape index (κ3) is 6.89. The first-order valence-electron chi connectivity index (χ1n) is 8.21. The number of amides is 1. The van der Waals surface area contributed by atoms with Crippen LogP contribution in [0.4, 0.5) is 13.2 Å². The van der Waals surface area contributed by atoms with E-state index in [0.717, 1.165) is 29.6 Å². The zero-order valence-electron chi connectivity index (χ0n) is 13.9. The molecule has 140 valence electrons. The molecule has 0 bridgehead atoms. The van der Waals surface area contributed by atoms with Gasteiger partial charge in [-0.3, -0.25) is 9.79 Å². The number of alkyl halides is 3. The molecule has 6 nitrogen and oxygen atoms in total. The first-order chi connectivity index (χ1) is 11.9. The van der Waals surface area contributed by atoms with Gasteiger partial charge in [0.2, 0.25) is 5.91 Å². The SMILES string of the molecule is CCNC(=NCCc1nc(C(F)(F)F)cs1)NCCNC(=O)C1CC1. The molecule has 0 atom stereocenters. The van der Waals surface area contributed by atoms with E-state index in [1.165, 1.54) is 0 Å². The van der Waals surface area contributed by atoms with E-state index in [4.69, 9.17) is 0 Å². The molecule has 0 radical (unpaired) electrons. The summed E-state index contributed by atoms with van der Waals surface area (Å²) < 4.78 is 37.5. The highest BCUT2D eigenvalue weighted by Crippen LogP contribution is 2.30. The molecule has 0 saturated heterocycles. The summed E-state index contributed by atoms with van der Waals surface area (Å²) in [5.41, 5.74) is -0.854. The number of nitrogens with one attached hydrogen (secondary N) is 3. The first kappa shape index (κ1) is 19.5. The fraction of sp³-hybridized carbons (Fsp3) is 0.667. The van der Waals surface area contributed by atoms with Crippen LogP contribution < -0.4 is 16.0 Å². The van der Waals surface area contributed by atoms with Gasteiger partial charge in [-0.25, -0.2) is 4.98 Å². The van der Waals surface area contributed by atoms with Crippen LogP contribution in [-0.4, -0.2) is 43.0 Å². The Morgan fingerprint density at radius 2 is 2.04 bits per heavy atom. The van der Waals surface area contributed by atoms with E-state index in [-0.39, 0.29) is 11.8 Å². The van der Waals surface area contributed by atoms with Crippen LogP contribution in [0.3, 0.4) is 0 Å². The highest BCUT2D eigenvalue weighted by atomic mass is 32.1. The molecule has 1 heterocycles. The Kier molecular flexibility index (Phi) is 7.03. The average molecular weight is 377 g/mol. The van der Waals surface area contributed by atoms with Crippen LogP contribution in [0.2, 0.25) is 0 Å². The molecule has 3 N–H and O–H groups in total. The molecule has 1 aliphatic carbocycles. The quantitative estimate of drug-likeness (QED) is 0.367. The van der Waals surface area contributed by atoms with Crippen LogP contribution in [0, 0.1) is 5.92 Å². The van der Waals surface area contributed by atoms with Gasteiger partial charge in [0.05, 0.1) is 5.01 Å². The number of aliphatic imine (C=N–C) groups is 1. The predicted molar refractivity (Wildman–Crippen MR) is 90.5 cm³/mol. The molecule has 10 heteroatoms. The Balaban J connectivity index is 1.72. The molecule has 1 aromatic heterocycles. The van der Waals surface area contributed by atoms with E-state index in [2.05, 4.69) is 25.9 Å². The van der Waals surface area contributed by atoms with E-state index in [9.17, 15) is 18.0 Å². The number of carbonyl (C=O) groups is 1. The number of hydrogen-bond donors (Lipinski definition) is 3. The van der Waals surface area contributed by atoms with Crippen LogP contribution in [-0.2, 0) is 17.4 Å². The largest absolute Gasteiger partial charge is 0.434 e. The maximum absolute atomic E-state index is 12.5. The molecule has 0 aliphatic heterocycles. The lowest BCUT2D eigenvalue weighted by Gasteiger charge is -2.11. The Labute approximate surface area is 148 Å². The molecular formula is C15H22F3N5OS. The summed E-state index contributed by atoms with van der Waals surface area (Å²) in [5.74, 6) is 0.838. The van der Waals surface area contributed by atoms with Gasteiger partial charge in [-0.15, -0.1) is 11.3 Å². The van der Waals surface area contributed by atoms with Crippen LogP contribution in [0.1, 0.15) is 30.5 Å². The zero-order chi connectivity index (χ0) is 18.3. The van der Waals surface area contributed by atoms with Gasteiger partial charge in [-0.1, -0.05) is 0 Å². The highest BCUT2D eigenvalue weighted by Gasteiger charge is 2.33. The van der Waals surface area contributed by atoms with Gasteiger partial charge >= 0.3 is 6.18 Å². The molecule has 1 aliphatic rings. The van der Waals surface area contributed by atoms with E-state index in [1.807, 2.05) is 6.92 Å². The minimum Gasteiger partial charge on any atom is -0.357 e. The maximum atomic E-state index is 12.5. The van der Waals surface area contributed by atoms with Crippen LogP contribution in [0.5, 0.6) is 0 Å². The summed E-state index contributed by atoms with van der Waals surface area (Å²) in [4.78, 5) is 19.4. The van der Waals surface area contributed by atoms with Gasteiger partial charge in [-0.2, -0.15) is 13.2 Å². The Bertz CT molecular complexity index is 598. The molecule has 0 unspecified atom stereocenters. The minimum atomic E-state index is -4.40. The van der Waals surface area contributed by atoms with Crippen molar-refractivity contribution in [1.82, 2.24) is 20.9 Å². The second-order valence-corrected chi connectivity index (χ2v) is 6.57. The Hall–Kier alpha value is -1.84. The van der Waals surface area contributed by atoms with Gasteiger partial charge in [0, 0.05) is 43.9 Å². The number of nitrogens with zero attached hydrogens (tertiary/aromatic N) is 2. The Morgan fingerprint density at radius 1 is 1.32 bits per heavy atom. The van der Waals surface area contributed by atoms with Crippen molar-refractivity contribution in [3.63, 3.8) is 0 Å². The lowest BCUT2D eigenvalue weighted by molar-refractivity contribution is -0.140. The summed E-state index contributed by atoms with van der Waals surface area (Å²) >= 11 is 0.986. The monoisotopic (exact) mass is 377 g/mol. The average Bonchev–Trinajstić information content (AvgIpc) is 3.29. The topological polar surface area (TPSA) is 78.4 Å². The van der Waals surface area contributed by atoms with E-state index >= 15 is 0 Å². The third-order valence-electron chi connectivity index (χ3n) is 3.45. The number of hydrogen-bond acceptors (Lipinski definition) is 4. The molecule has 25 heavy (non-hydrogen) atoms. The normalized spacial score (nSPS) is 15.1.